The Hall–Kier alpha value is -1.48. The number of hydrogen-bond acceptors (Lipinski definition) is 5. The smallest absolute Gasteiger partial charge is 0.548 e. The number of aliphatic hydroxyl groups excluding tert-OH is 1. The quantitative estimate of drug-likeness (QED) is 0.515. The molecule has 0 heterocycles. The van der Waals surface area contributed by atoms with Crippen LogP contribution in [0.4, 0.5) is 4.79 Å². The summed E-state index contributed by atoms with van der Waals surface area (Å²) in [6, 6.07) is 7.45. The van der Waals surface area contributed by atoms with Crippen molar-refractivity contribution in [2.24, 2.45) is 0 Å². The van der Waals surface area contributed by atoms with Crippen LogP contribution < -0.4 is 29.3 Å². The van der Waals surface area contributed by atoms with Crippen molar-refractivity contribution in [3.05, 3.63) is 35.9 Å². The Morgan fingerprint density at radius 2 is 1.94 bits per heavy atom. The maximum absolute atomic E-state index is 11.2. The molecule has 0 spiro atoms. The van der Waals surface area contributed by atoms with Gasteiger partial charge in [-0.05, 0) is 5.56 Å². The molecule has 0 fully saturated rings. The molecule has 0 aliphatic heterocycles. The third-order valence-corrected chi connectivity index (χ3v) is 1.97. The number of carbonyl (C=O) groups is 2. The minimum Gasteiger partial charge on any atom is -0.548 e. The number of carboxylic acids is 1. The number of amides is 1. The van der Waals surface area contributed by atoms with Gasteiger partial charge in [0.05, 0.1) is 18.6 Å². The fourth-order valence-corrected chi connectivity index (χ4v) is 1.09. The van der Waals surface area contributed by atoms with E-state index in [4.69, 9.17) is 9.84 Å². The van der Waals surface area contributed by atoms with Crippen LogP contribution in [0.5, 0.6) is 0 Å². The molecule has 0 saturated carbocycles. The molecule has 0 radical (unpaired) electrons. The Bertz CT molecular complexity index is 384. The molecule has 18 heavy (non-hydrogen) atoms. The van der Waals surface area contributed by atoms with Gasteiger partial charge in [-0.1, -0.05) is 30.3 Å². The summed E-state index contributed by atoms with van der Waals surface area (Å²) < 4.78 is 4.76. The number of ether oxygens (including phenoxy) is 1. The number of nitrogens with one attached hydrogen (secondary N) is 1. The van der Waals surface area contributed by atoms with Crippen molar-refractivity contribution in [3.63, 3.8) is 0 Å². The number of aliphatic hydroxyl groups is 1. The van der Waals surface area contributed by atoms with Crippen LogP contribution in [-0.2, 0) is 16.1 Å². The number of hydrogen-bond donors (Lipinski definition) is 2. The molecule has 92 valence electrons. The Morgan fingerprint density at radius 1 is 1.33 bits per heavy atom. The van der Waals surface area contributed by atoms with E-state index in [-0.39, 0.29) is 25.5 Å². The van der Waals surface area contributed by atoms with Crippen molar-refractivity contribution in [2.75, 3.05) is 6.61 Å². The first-order chi connectivity index (χ1) is 8.13. The van der Waals surface area contributed by atoms with Crippen LogP contribution in [0.3, 0.4) is 0 Å². The van der Waals surface area contributed by atoms with Crippen LogP contribution in [0.1, 0.15) is 5.56 Å². The van der Waals surface area contributed by atoms with E-state index in [2.05, 4.69) is 0 Å². The third-order valence-electron chi connectivity index (χ3n) is 1.97. The number of aliphatic carboxylic acids is 1. The molecule has 2 N–H and O–H groups in total. The van der Waals surface area contributed by atoms with Crippen LogP contribution in [-0.4, -0.2) is 29.8 Å². The fourth-order valence-electron chi connectivity index (χ4n) is 1.09. The van der Waals surface area contributed by atoms with Crippen molar-refractivity contribution in [1.29, 1.82) is 0 Å². The van der Waals surface area contributed by atoms with E-state index in [0.717, 1.165) is 5.56 Å². The molecule has 1 aromatic rings. The van der Waals surface area contributed by atoms with Crippen molar-refractivity contribution in [2.45, 2.75) is 12.6 Å². The normalized spacial score (nSPS) is 10.9. The SMILES string of the molecule is O=C(N[C@H](CO)C(=O)[O-])OCc1ccccc1.[Li+]. The number of alkyl carbamates (subject to hydrolysis) is 1. The Labute approximate surface area is 116 Å². The van der Waals surface area contributed by atoms with Crippen molar-refractivity contribution in [1.82, 2.24) is 5.32 Å². The van der Waals surface area contributed by atoms with E-state index in [9.17, 15) is 14.7 Å². The molecule has 0 aliphatic carbocycles. The van der Waals surface area contributed by atoms with Crippen molar-refractivity contribution < 1.29 is 43.4 Å². The molecule has 0 aromatic heterocycles. The minimum atomic E-state index is -1.57. The van der Waals surface area contributed by atoms with Crippen LogP contribution in [0.15, 0.2) is 30.3 Å². The summed E-state index contributed by atoms with van der Waals surface area (Å²) in [5.74, 6) is -1.57. The van der Waals surface area contributed by atoms with E-state index in [1.807, 2.05) is 11.4 Å². The van der Waals surface area contributed by atoms with Gasteiger partial charge in [0, 0.05) is 0 Å². The number of benzene rings is 1. The maximum atomic E-state index is 11.2. The van der Waals surface area contributed by atoms with Gasteiger partial charge >= 0.3 is 25.0 Å². The van der Waals surface area contributed by atoms with E-state index in [1.54, 1.807) is 24.3 Å². The summed E-state index contributed by atoms with van der Waals surface area (Å²) in [6.45, 7) is -0.722. The summed E-state index contributed by atoms with van der Waals surface area (Å²) >= 11 is 0. The number of carboxylic acid groups (broad SMARTS) is 1. The number of carbonyl (C=O) groups excluding carboxylic acids is 2. The minimum absolute atomic E-state index is 0. The molecule has 1 atom stereocenters. The molecule has 0 unspecified atom stereocenters. The zero-order chi connectivity index (χ0) is 12.7. The standard InChI is InChI=1S/C11H13NO5.Li/c13-6-9(10(14)15)12-11(16)17-7-8-4-2-1-3-5-8;/h1-5,9,13H,6-7H2,(H,12,16)(H,14,15);/q;+1/p-1/t9-;/m1./s1. The molecule has 0 bridgehead atoms. The molecule has 1 amide bonds. The predicted molar refractivity (Wildman–Crippen MR) is 55.6 cm³/mol. The Kier molecular flexibility index (Phi) is 7.88. The Balaban J connectivity index is 0.00000289. The summed E-state index contributed by atoms with van der Waals surface area (Å²) in [6.07, 6.45) is -0.919. The van der Waals surface area contributed by atoms with E-state index < -0.39 is 24.7 Å². The van der Waals surface area contributed by atoms with Gasteiger partial charge in [-0.25, -0.2) is 4.79 Å². The third kappa shape index (κ3) is 5.73. The number of rotatable bonds is 5. The van der Waals surface area contributed by atoms with Crippen LogP contribution in [0.2, 0.25) is 0 Å². The summed E-state index contributed by atoms with van der Waals surface area (Å²) in [5, 5.41) is 21.0. The van der Waals surface area contributed by atoms with E-state index >= 15 is 0 Å². The molecule has 1 rings (SSSR count). The van der Waals surface area contributed by atoms with Gasteiger partial charge in [-0.15, -0.1) is 0 Å². The average Bonchev–Trinajstić information content (AvgIpc) is 2.34. The molecule has 6 nitrogen and oxygen atoms in total. The fraction of sp³-hybridized carbons (Fsp3) is 0.273. The first-order valence-corrected chi connectivity index (χ1v) is 4.92. The van der Waals surface area contributed by atoms with E-state index in [1.165, 1.54) is 0 Å². The molecule has 0 saturated heterocycles. The second kappa shape index (κ2) is 8.59. The maximum Gasteiger partial charge on any atom is 1.00 e. The van der Waals surface area contributed by atoms with Crippen LogP contribution in [0.25, 0.3) is 0 Å². The average molecular weight is 245 g/mol. The second-order valence-corrected chi connectivity index (χ2v) is 3.26. The van der Waals surface area contributed by atoms with Crippen LogP contribution in [0, 0.1) is 0 Å². The monoisotopic (exact) mass is 245 g/mol. The van der Waals surface area contributed by atoms with Gasteiger partial charge in [0.15, 0.2) is 0 Å². The van der Waals surface area contributed by atoms with Gasteiger partial charge in [-0.3, -0.25) is 0 Å². The molecular weight excluding hydrogens is 233 g/mol. The zero-order valence-electron chi connectivity index (χ0n) is 9.96. The predicted octanol–water partition coefficient (Wildman–Crippen LogP) is -3.97. The molecular formula is C11H12LiNO5. The Morgan fingerprint density at radius 3 is 2.44 bits per heavy atom. The van der Waals surface area contributed by atoms with Crippen molar-refractivity contribution in [3.8, 4) is 0 Å². The van der Waals surface area contributed by atoms with Gasteiger partial charge in [0.2, 0.25) is 0 Å². The summed E-state index contributed by atoms with van der Waals surface area (Å²) in [5.41, 5.74) is 0.775. The first kappa shape index (κ1) is 16.5. The summed E-state index contributed by atoms with van der Waals surface area (Å²) in [4.78, 5) is 21.6. The van der Waals surface area contributed by atoms with Crippen molar-refractivity contribution >= 4 is 12.1 Å². The molecule has 0 aliphatic rings. The molecule has 1 aromatic carbocycles. The molecule has 7 heteroatoms. The van der Waals surface area contributed by atoms with Gasteiger partial charge < -0.3 is 25.1 Å². The topological polar surface area (TPSA) is 98.7 Å². The van der Waals surface area contributed by atoms with E-state index in [0.29, 0.717) is 0 Å². The first-order valence-electron chi connectivity index (χ1n) is 4.92. The van der Waals surface area contributed by atoms with Gasteiger partial charge in [0.1, 0.15) is 6.61 Å². The largest absolute Gasteiger partial charge is 1.00 e. The zero-order valence-corrected chi connectivity index (χ0v) is 9.96. The van der Waals surface area contributed by atoms with Gasteiger partial charge in [0.25, 0.3) is 0 Å². The summed E-state index contributed by atoms with van der Waals surface area (Å²) in [7, 11) is 0. The van der Waals surface area contributed by atoms with Gasteiger partial charge in [-0.2, -0.15) is 0 Å². The second-order valence-electron chi connectivity index (χ2n) is 3.26. The van der Waals surface area contributed by atoms with Crippen LogP contribution >= 0.6 is 0 Å².